The third-order valence-electron chi connectivity index (χ3n) is 5.90. The minimum atomic E-state index is -0.418. The largest absolute Gasteiger partial charge is 0.366 e. The van der Waals surface area contributed by atoms with Gasteiger partial charge in [-0.15, -0.1) is 0 Å². The van der Waals surface area contributed by atoms with Crippen molar-refractivity contribution in [3.05, 3.63) is 75.7 Å². The lowest BCUT2D eigenvalue weighted by Crippen LogP contribution is -2.28. The summed E-state index contributed by atoms with van der Waals surface area (Å²) < 4.78 is 13.4. The minimum Gasteiger partial charge on any atom is -0.366 e. The molecule has 4 rings (SSSR count). The summed E-state index contributed by atoms with van der Waals surface area (Å²) in [6.07, 6.45) is 3.37. The van der Waals surface area contributed by atoms with Crippen LogP contribution >= 0.6 is 0 Å². The molecule has 33 heavy (non-hydrogen) atoms. The zero-order chi connectivity index (χ0) is 23.4. The standard InChI is InChI=1S/C24H26FN5O3/c1-28(11-5-8-20-16-21(27-26-20)17-6-4-7-19(25)14-17)24(31)18-9-10-22(23(15-18)30(32)33)29-12-2-3-13-29/h4,6-7,9-10,14-16H,2-3,5,8,11-13H2,1H3,(H,26,27). The Morgan fingerprint density at radius 2 is 2.00 bits per heavy atom. The molecular formula is C24H26FN5O3. The minimum absolute atomic E-state index is 0.0292. The van der Waals surface area contributed by atoms with Crippen LogP contribution < -0.4 is 4.90 Å². The van der Waals surface area contributed by atoms with E-state index in [4.69, 9.17) is 0 Å². The van der Waals surface area contributed by atoms with Gasteiger partial charge in [-0.2, -0.15) is 5.10 Å². The summed E-state index contributed by atoms with van der Waals surface area (Å²) in [7, 11) is 1.69. The van der Waals surface area contributed by atoms with Crippen LogP contribution in [0.25, 0.3) is 11.3 Å². The maximum Gasteiger partial charge on any atom is 0.293 e. The number of nitrogens with zero attached hydrogens (tertiary/aromatic N) is 4. The Balaban J connectivity index is 1.36. The SMILES string of the molecule is CN(CCCc1cc(-c2cccc(F)c2)n[nH]1)C(=O)c1ccc(N2CCCC2)c([N+](=O)[O-])c1. The Morgan fingerprint density at radius 1 is 1.21 bits per heavy atom. The van der Waals surface area contributed by atoms with E-state index in [-0.39, 0.29) is 17.4 Å². The molecule has 9 heteroatoms. The van der Waals surface area contributed by atoms with E-state index in [2.05, 4.69) is 10.2 Å². The van der Waals surface area contributed by atoms with Gasteiger partial charge in [-0.25, -0.2) is 4.39 Å². The topological polar surface area (TPSA) is 95.4 Å². The molecule has 1 aliphatic rings. The highest BCUT2D eigenvalue weighted by Gasteiger charge is 2.24. The molecule has 0 spiro atoms. The lowest BCUT2D eigenvalue weighted by atomic mass is 10.1. The fourth-order valence-corrected chi connectivity index (χ4v) is 4.14. The van der Waals surface area contributed by atoms with E-state index < -0.39 is 4.92 Å². The average molecular weight is 452 g/mol. The number of aryl methyl sites for hydroxylation is 1. The average Bonchev–Trinajstić information content (AvgIpc) is 3.50. The molecule has 172 valence electrons. The van der Waals surface area contributed by atoms with Crippen molar-refractivity contribution in [3.63, 3.8) is 0 Å². The Morgan fingerprint density at radius 3 is 2.73 bits per heavy atom. The number of nitro groups is 1. The van der Waals surface area contributed by atoms with Crippen LogP contribution in [0.5, 0.6) is 0 Å². The summed E-state index contributed by atoms with van der Waals surface area (Å²) in [6.45, 7) is 2.07. The number of halogens is 1. The summed E-state index contributed by atoms with van der Waals surface area (Å²) in [6, 6.07) is 12.9. The molecule has 0 radical (unpaired) electrons. The third kappa shape index (κ3) is 5.19. The number of H-pyrrole nitrogens is 1. The lowest BCUT2D eigenvalue weighted by molar-refractivity contribution is -0.384. The zero-order valence-corrected chi connectivity index (χ0v) is 18.5. The van der Waals surface area contributed by atoms with E-state index in [1.54, 1.807) is 36.2 Å². The summed E-state index contributed by atoms with van der Waals surface area (Å²) in [5, 5.41) is 18.8. The number of aromatic amines is 1. The number of carbonyl (C=O) groups excluding carboxylic acids is 1. The molecular weight excluding hydrogens is 425 g/mol. The van der Waals surface area contributed by atoms with Gasteiger partial charge in [0.05, 0.1) is 10.6 Å². The lowest BCUT2D eigenvalue weighted by Gasteiger charge is -2.20. The molecule has 3 aromatic rings. The Bertz CT molecular complexity index is 1160. The van der Waals surface area contributed by atoms with Gasteiger partial charge in [0.2, 0.25) is 0 Å². The molecule has 0 aliphatic carbocycles. The van der Waals surface area contributed by atoms with Gasteiger partial charge >= 0.3 is 0 Å². The van der Waals surface area contributed by atoms with Gasteiger partial charge in [-0.1, -0.05) is 12.1 Å². The van der Waals surface area contributed by atoms with Gasteiger partial charge in [0.1, 0.15) is 11.5 Å². The maximum absolute atomic E-state index is 13.4. The molecule has 1 aromatic heterocycles. The molecule has 0 unspecified atom stereocenters. The van der Waals surface area contributed by atoms with Crippen LogP contribution in [-0.2, 0) is 6.42 Å². The van der Waals surface area contributed by atoms with Gasteiger partial charge in [0.15, 0.2) is 0 Å². The molecule has 1 fully saturated rings. The summed E-state index contributed by atoms with van der Waals surface area (Å²) >= 11 is 0. The van der Waals surface area contributed by atoms with E-state index in [9.17, 15) is 19.3 Å². The predicted molar refractivity (Wildman–Crippen MR) is 124 cm³/mol. The summed E-state index contributed by atoms with van der Waals surface area (Å²) in [5.74, 6) is -0.568. The van der Waals surface area contributed by atoms with Crippen LogP contribution in [0, 0.1) is 15.9 Å². The second-order valence-electron chi connectivity index (χ2n) is 8.27. The first kappa shape index (κ1) is 22.4. The molecule has 0 bridgehead atoms. The quantitative estimate of drug-likeness (QED) is 0.404. The van der Waals surface area contributed by atoms with Crippen molar-refractivity contribution >= 4 is 17.3 Å². The van der Waals surface area contributed by atoms with E-state index >= 15 is 0 Å². The van der Waals surface area contributed by atoms with Crippen molar-refractivity contribution in [3.8, 4) is 11.3 Å². The fourth-order valence-electron chi connectivity index (χ4n) is 4.14. The Labute approximate surface area is 191 Å². The predicted octanol–water partition coefficient (Wildman–Crippen LogP) is 4.43. The van der Waals surface area contributed by atoms with Gasteiger partial charge in [-0.05, 0) is 56.0 Å². The number of benzene rings is 2. The normalized spacial score (nSPS) is 13.3. The summed E-state index contributed by atoms with van der Waals surface area (Å²) in [4.78, 5) is 27.6. The van der Waals surface area contributed by atoms with Crippen molar-refractivity contribution in [1.29, 1.82) is 0 Å². The van der Waals surface area contributed by atoms with Gasteiger partial charge < -0.3 is 9.80 Å². The molecule has 2 heterocycles. The van der Waals surface area contributed by atoms with Crippen molar-refractivity contribution < 1.29 is 14.1 Å². The third-order valence-corrected chi connectivity index (χ3v) is 5.90. The van der Waals surface area contributed by atoms with E-state index in [1.807, 2.05) is 11.0 Å². The number of carbonyl (C=O) groups is 1. The highest BCUT2D eigenvalue weighted by Crippen LogP contribution is 2.32. The smallest absolute Gasteiger partial charge is 0.293 e. The van der Waals surface area contributed by atoms with Gasteiger partial charge in [0.25, 0.3) is 11.6 Å². The number of nitrogens with one attached hydrogen (secondary N) is 1. The van der Waals surface area contributed by atoms with Crippen molar-refractivity contribution in [2.24, 2.45) is 0 Å². The van der Waals surface area contributed by atoms with Crippen LogP contribution in [0.3, 0.4) is 0 Å². The van der Waals surface area contributed by atoms with E-state index in [0.29, 0.717) is 41.9 Å². The van der Waals surface area contributed by atoms with Crippen LogP contribution in [0.4, 0.5) is 15.8 Å². The van der Waals surface area contributed by atoms with Crippen LogP contribution in [0.15, 0.2) is 48.5 Å². The summed E-state index contributed by atoms with van der Waals surface area (Å²) in [5.41, 5.74) is 3.11. The molecule has 2 aromatic carbocycles. The second kappa shape index (κ2) is 9.81. The van der Waals surface area contributed by atoms with E-state index in [1.165, 1.54) is 18.2 Å². The van der Waals surface area contributed by atoms with Crippen molar-refractivity contribution in [2.45, 2.75) is 25.7 Å². The van der Waals surface area contributed by atoms with Crippen LogP contribution in [-0.4, -0.2) is 52.6 Å². The highest BCUT2D eigenvalue weighted by molar-refractivity contribution is 5.95. The molecule has 8 nitrogen and oxygen atoms in total. The number of nitro benzene ring substituents is 1. The van der Waals surface area contributed by atoms with E-state index in [0.717, 1.165) is 31.6 Å². The Kier molecular flexibility index (Phi) is 6.67. The second-order valence-corrected chi connectivity index (χ2v) is 8.27. The highest BCUT2D eigenvalue weighted by atomic mass is 19.1. The maximum atomic E-state index is 13.4. The number of anilines is 1. The fraction of sp³-hybridized carbons (Fsp3) is 0.333. The molecule has 0 atom stereocenters. The van der Waals surface area contributed by atoms with Crippen LogP contribution in [0.1, 0.15) is 35.3 Å². The molecule has 1 amide bonds. The number of rotatable bonds is 8. The molecule has 1 N–H and O–H groups in total. The van der Waals surface area contributed by atoms with Crippen molar-refractivity contribution in [1.82, 2.24) is 15.1 Å². The van der Waals surface area contributed by atoms with Gasteiger partial charge in [0, 0.05) is 49.6 Å². The first-order valence-electron chi connectivity index (χ1n) is 11.0. The number of amides is 1. The Hall–Kier alpha value is -3.75. The first-order valence-corrected chi connectivity index (χ1v) is 11.0. The van der Waals surface area contributed by atoms with Crippen molar-refractivity contribution in [2.75, 3.05) is 31.6 Å². The monoisotopic (exact) mass is 451 g/mol. The first-order chi connectivity index (χ1) is 15.9. The van der Waals surface area contributed by atoms with Crippen LogP contribution in [0.2, 0.25) is 0 Å². The number of hydrogen-bond donors (Lipinski definition) is 1. The molecule has 1 saturated heterocycles. The molecule has 1 aliphatic heterocycles. The number of hydrogen-bond acceptors (Lipinski definition) is 5. The number of aromatic nitrogens is 2. The molecule has 0 saturated carbocycles. The van der Waals surface area contributed by atoms with Gasteiger partial charge in [-0.3, -0.25) is 20.0 Å². The zero-order valence-electron chi connectivity index (χ0n) is 18.5.